The van der Waals surface area contributed by atoms with E-state index >= 15 is 0 Å². The molecule has 82 valence electrons. The van der Waals surface area contributed by atoms with Crippen molar-refractivity contribution in [1.82, 2.24) is 0 Å². The number of ether oxygens (including phenoxy) is 1. The van der Waals surface area contributed by atoms with Gasteiger partial charge in [0.25, 0.3) is 0 Å². The Morgan fingerprint density at radius 2 is 1.93 bits per heavy atom. The predicted molar refractivity (Wildman–Crippen MR) is 58.9 cm³/mol. The van der Waals surface area contributed by atoms with Crippen LogP contribution in [0, 0.1) is 17.3 Å². The van der Waals surface area contributed by atoms with E-state index in [1.54, 1.807) is 0 Å². The highest BCUT2D eigenvalue weighted by Gasteiger charge is 2.24. The summed E-state index contributed by atoms with van der Waals surface area (Å²) in [5.41, 5.74) is -0.414. The second-order valence-electron chi connectivity index (χ2n) is 4.99. The SMILES string of the molecule is C=CC(COC(=O)C(C)(C)C)C(C)C. The molecule has 0 aromatic rings. The van der Waals surface area contributed by atoms with Crippen molar-refractivity contribution >= 4 is 5.97 Å². The van der Waals surface area contributed by atoms with Crippen LogP contribution in [0.4, 0.5) is 0 Å². The normalized spacial score (nSPS) is 13.9. The Hall–Kier alpha value is -0.790. The first-order chi connectivity index (χ1) is 6.29. The van der Waals surface area contributed by atoms with Crippen LogP contribution in [-0.4, -0.2) is 12.6 Å². The van der Waals surface area contributed by atoms with Crippen LogP contribution < -0.4 is 0 Å². The summed E-state index contributed by atoms with van der Waals surface area (Å²) < 4.78 is 5.21. The highest BCUT2D eigenvalue weighted by atomic mass is 16.5. The maximum atomic E-state index is 11.5. The van der Waals surface area contributed by atoms with Crippen LogP contribution in [-0.2, 0) is 9.53 Å². The summed E-state index contributed by atoms with van der Waals surface area (Å²) in [6.07, 6.45) is 1.85. The van der Waals surface area contributed by atoms with Crippen molar-refractivity contribution in [3.8, 4) is 0 Å². The third kappa shape index (κ3) is 4.45. The van der Waals surface area contributed by atoms with Gasteiger partial charge in [-0.2, -0.15) is 0 Å². The molecule has 14 heavy (non-hydrogen) atoms. The molecule has 0 radical (unpaired) electrons. The zero-order valence-corrected chi connectivity index (χ0v) is 9.96. The predicted octanol–water partition coefficient (Wildman–Crippen LogP) is 3.03. The lowest BCUT2D eigenvalue weighted by Gasteiger charge is -2.21. The molecule has 0 aromatic heterocycles. The van der Waals surface area contributed by atoms with Gasteiger partial charge >= 0.3 is 5.97 Å². The fourth-order valence-electron chi connectivity index (χ4n) is 0.921. The van der Waals surface area contributed by atoms with Gasteiger partial charge in [-0.15, -0.1) is 6.58 Å². The van der Waals surface area contributed by atoms with Crippen LogP contribution in [0.25, 0.3) is 0 Å². The monoisotopic (exact) mass is 198 g/mol. The van der Waals surface area contributed by atoms with Crippen LogP contribution in [0.2, 0.25) is 0 Å². The molecule has 2 nitrogen and oxygen atoms in total. The van der Waals surface area contributed by atoms with E-state index in [0.29, 0.717) is 12.5 Å². The number of esters is 1. The molecule has 0 aliphatic heterocycles. The van der Waals surface area contributed by atoms with Crippen LogP contribution in [0.3, 0.4) is 0 Å². The Morgan fingerprint density at radius 3 is 2.21 bits per heavy atom. The minimum atomic E-state index is -0.414. The summed E-state index contributed by atoms with van der Waals surface area (Å²) in [7, 11) is 0. The Balaban J connectivity index is 4.05. The average molecular weight is 198 g/mol. The van der Waals surface area contributed by atoms with Crippen molar-refractivity contribution < 1.29 is 9.53 Å². The van der Waals surface area contributed by atoms with Gasteiger partial charge in [0.2, 0.25) is 0 Å². The number of carbonyl (C=O) groups is 1. The van der Waals surface area contributed by atoms with Gasteiger partial charge in [0.15, 0.2) is 0 Å². The Bertz CT molecular complexity index is 199. The first-order valence-electron chi connectivity index (χ1n) is 5.08. The van der Waals surface area contributed by atoms with E-state index in [-0.39, 0.29) is 11.9 Å². The summed E-state index contributed by atoms with van der Waals surface area (Å²) in [5, 5.41) is 0. The lowest BCUT2D eigenvalue weighted by molar-refractivity contribution is -0.154. The van der Waals surface area contributed by atoms with Crippen molar-refractivity contribution in [2.45, 2.75) is 34.6 Å². The molecule has 1 unspecified atom stereocenters. The molecule has 0 spiro atoms. The molecule has 0 N–H and O–H groups in total. The standard InChI is InChI=1S/C12H22O2/c1-7-10(9(2)3)8-14-11(13)12(4,5)6/h7,9-10H,1,8H2,2-6H3. The topological polar surface area (TPSA) is 26.3 Å². The van der Waals surface area contributed by atoms with Crippen molar-refractivity contribution in [2.75, 3.05) is 6.61 Å². The molecular formula is C12H22O2. The molecule has 0 saturated heterocycles. The number of carbonyl (C=O) groups excluding carboxylic acids is 1. The van der Waals surface area contributed by atoms with Crippen molar-refractivity contribution in [3.63, 3.8) is 0 Å². The molecule has 0 aromatic carbocycles. The van der Waals surface area contributed by atoms with Gasteiger partial charge in [-0.25, -0.2) is 0 Å². The van der Waals surface area contributed by atoms with E-state index in [2.05, 4.69) is 20.4 Å². The minimum absolute atomic E-state index is 0.148. The van der Waals surface area contributed by atoms with Gasteiger partial charge < -0.3 is 4.74 Å². The second kappa shape index (κ2) is 5.18. The quantitative estimate of drug-likeness (QED) is 0.512. The summed E-state index contributed by atoms with van der Waals surface area (Å²) in [4.78, 5) is 11.5. The van der Waals surface area contributed by atoms with Crippen molar-refractivity contribution in [3.05, 3.63) is 12.7 Å². The first-order valence-corrected chi connectivity index (χ1v) is 5.08. The smallest absolute Gasteiger partial charge is 0.311 e. The van der Waals surface area contributed by atoms with Gasteiger partial charge in [0.1, 0.15) is 0 Å². The molecule has 0 bridgehead atoms. The van der Waals surface area contributed by atoms with Crippen molar-refractivity contribution in [2.24, 2.45) is 17.3 Å². The maximum Gasteiger partial charge on any atom is 0.311 e. The van der Waals surface area contributed by atoms with E-state index < -0.39 is 5.41 Å². The summed E-state index contributed by atoms with van der Waals surface area (Å²) >= 11 is 0. The average Bonchev–Trinajstić information content (AvgIpc) is 2.02. The lowest BCUT2D eigenvalue weighted by Crippen LogP contribution is -2.26. The highest BCUT2D eigenvalue weighted by molar-refractivity contribution is 5.75. The van der Waals surface area contributed by atoms with E-state index in [1.807, 2.05) is 26.8 Å². The zero-order valence-electron chi connectivity index (χ0n) is 9.96. The minimum Gasteiger partial charge on any atom is -0.465 e. The Kier molecular flexibility index (Phi) is 4.89. The van der Waals surface area contributed by atoms with E-state index in [0.717, 1.165) is 0 Å². The van der Waals surface area contributed by atoms with Crippen LogP contribution in [0.1, 0.15) is 34.6 Å². The van der Waals surface area contributed by atoms with E-state index in [9.17, 15) is 4.79 Å². The highest BCUT2D eigenvalue weighted by Crippen LogP contribution is 2.18. The molecular weight excluding hydrogens is 176 g/mol. The van der Waals surface area contributed by atoms with E-state index in [4.69, 9.17) is 4.74 Å². The maximum absolute atomic E-state index is 11.5. The Labute approximate surface area is 87.3 Å². The molecule has 1 atom stereocenters. The molecule has 0 heterocycles. The van der Waals surface area contributed by atoms with E-state index in [1.165, 1.54) is 0 Å². The largest absolute Gasteiger partial charge is 0.465 e. The molecule has 0 fully saturated rings. The summed E-state index contributed by atoms with van der Waals surface area (Å²) in [6.45, 7) is 13.9. The number of hydrogen-bond donors (Lipinski definition) is 0. The molecule has 0 saturated carbocycles. The van der Waals surface area contributed by atoms with Gasteiger partial charge in [0, 0.05) is 5.92 Å². The molecule has 0 aliphatic carbocycles. The Morgan fingerprint density at radius 1 is 1.43 bits per heavy atom. The van der Waals surface area contributed by atoms with Crippen LogP contribution in [0.15, 0.2) is 12.7 Å². The fraction of sp³-hybridized carbons (Fsp3) is 0.750. The molecule has 0 aliphatic rings. The molecule has 0 amide bonds. The zero-order chi connectivity index (χ0) is 11.4. The summed E-state index contributed by atoms with van der Waals surface area (Å²) in [5.74, 6) is 0.562. The fourth-order valence-corrected chi connectivity index (χ4v) is 0.921. The number of hydrogen-bond acceptors (Lipinski definition) is 2. The number of rotatable bonds is 4. The molecule has 0 rings (SSSR count). The van der Waals surface area contributed by atoms with Crippen molar-refractivity contribution in [1.29, 1.82) is 0 Å². The third-order valence-electron chi connectivity index (χ3n) is 2.18. The van der Waals surface area contributed by atoms with Crippen LogP contribution in [0.5, 0.6) is 0 Å². The lowest BCUT2D eigenvalue weighted by atomic mass is 9.95. The second-order valence-corrected chi connectivity index (χ2v) is 4.99. The van der Waals surface area contributed by atoms with Gasteiger partial charge in [-0.3, -0.25) is 4.79 Å². The van der Waals surface area contributed by atoms with Gasteiger partial charge in [0.05, 0.1) is 12.0 Å². The first kappa shape index (κ1) is 13.2. The van der Waals surface area contributed by atoms with Gasteiger partial charge in [-0.1, -0.05) is 19.9 Å². The molecule has 2 heteroatoms. The summed E-state index contributed by atoms with van der Waals surface area (Å²) in [6, 6.07) is 0. The van der Waals surface area contributed by atoms with Gasteiger partial charge in [-0.05, 0) is 26.7 Å². The third-order valence-corrected chi connectivity index (χ3v) is 2.18. The van der Waals surface area contributed by atoms with Crippen LogP contribution >= 0.6 is 0 Å².